The first-order valence-electron chi connectivity index (χ1n) is 10.0. The molecule has 0 unspecified atom stereocenters. The zero-order valence-electron chi connectivity index (χ0n) is 16.6. The molecule has 2 amide bonds. The topological polar surface area (TPSA) is 59.1 Å². The summed E-state index contributed by atoms with van der Waals surface area (Å²) >= 11 is 0. The van der Waals surface area contributed by atoms with Crippen molar-refractivity contribution in [3.05, 3.63) is 60.2 Å². The Balaban J connectivity index is 1.24. The van der Waals surface area contributed by atoms with Gasteiger partial charge in [0.15, 0.2) is 18.1 Å². The molecule has 152 valence electrons. The monoisotopic (exact) mass is 394 g/mol. The SMILES string of the molecule is COc1ccccc1OCC(=O)N1CCN(C(=O)[C@@H]2C[C@H]2c2ccccc2)CC1. The van der Waals surface area contributed by atoms with Crippen LogP contribution in [0.1, 0.15) is 17.9 Å². The first kappa shape index (κ1) is 19.3. The highest BCUT2D eigenvalue weighted by Gasteiger charge is 2.46. The third-order valence-electron chi connectivity index (χ3n) is 5.70. The Morgan fingerprint density at radius 2 is 1.52 bits per heavy atom. The minimum absolute atomic E-state index is 0.0347. The number of rotatable bonds is 6. The summed E-state index contributed by atoms with van der Waals surface area (Å²) in [5.74, 6) is 1.74. The number of hydrogen-bond donors (Lipinski definition) is 0. The molecule has 4 rings (SSSR count). The van der Waals surface area contributed by atoms with Gasteiger partial charge < -0.3 is 19.3 Å². The minimum Gasteiger partial charge on any atom is -0.493 e. The van der Waals surface area contributed by atoms with E-state index in [0.29, 0.717) is 43.6 Å². The van der Waals surface area contributed by atoms with E-state index in [4.69, 9.17) is 9.47 Å². The largest absolute Gasteiger partial charge is 0.493 e. The Morgan fingerprint density at radius 3 is 2.21 bits per heavy atom. The van der Waals surface area contributed by atoms with Gasteiger partial charge in [-0.1, -0.05) is 42.5 Å². The summed E-state index contributed by atoms with van der Waals surface area (Å²) in [5.41, 5.74) is 1.24. The highest BCUT2D eigenvalue weighted by Crippen LogP contribution is 2.48. The number of carbonyl (C=O) groups is 2. The summed E-state index contributed by atoms with van der Waals surface area (Å²) in [7, 11) is 1.57. The van der Waals surface area contributed by atoms with E-state index in [9.17, 15) is 9.59 Å². The third kappa shape index (κ3) is 4.36. The fraction of sp³-hybridized carbons (Fsp3) is 0.391. The Hall–Kier alpha value is -3.02. The van der Waals surface area contributed by atoms with Crippen LogP contribution in [0.25, 0.3) is 0 Å². The maximum absolute atomic E-state index is 12.8. The molecule has 2 fully saturated rings. The first-order chi connectivity index (χ1) is 14.2. The Bertz CT molecular complexity index is 862. The lowest BCUT2D eigenvalue weighted by Gasteiger charge is -2.35. The van der Waals surface area contributed by atoms with Crippen LogP contribution < -0.4 is 9.47 Å². The van der Waals surface area contributed by atoms with Crippen LogP contribution in [0.3, 0.4) is 0 Å². The second-order valence-corrected chi connectivity index (χ2v) is 7.50. The number of benzene rings is 2. The molecule has 6 nitrogen and oxygen atoms in total. The summed E-state index contributed by atoms with van der Waals surface area (Å²) in [6, 6.07) is 17.5. The van der Waals surface area contributed by atoms with Crippen molar-refractivity contribution in [2.45, 2.75) is 12.3 Å². The standard InChI is InChI=1S/C23H26N2O4/c1-28-20-9-5-6-10-21(20)29-16-22(26)24-11-13-25(14-12-24)23(27)19-15-18(19)17-7-3-2-4-8-17/h2-10,18-19H,11-16H2,1H3/t18-,19+/m0/s1. The molecule has 2 aromatic rings. The van der Waals surface area contributed by atoms with Crippen molar-refractivity contribution < 1.29 is 19.1 Å². The van der Waals surface area contributed by atoms with Crippen LogP contribution in [0.4, 0.5) is 0 Å². The van der Waals surface area contributed by atoms with Gasteiger partial charge in [-0.25, -0.2) is 0 Å². The van der Waals surface area contributed by atoms with E-state index in [1.165, 1.54) is 5.56 Å². The molecule has 2 aliphatic rings. The predicted molar refractivity (Wildman–Crippen MR) is 109 cm³/mol. The lowest BCUT2D eigenvalue weighted by Crippen LogP contribution is -2.52. The van der Waals surface area contributed by atoms with E-state index in [1.807, 2.05) is 35.2 Å². The molecule has 0 N–H and O–H groups in total. The van der Waals surface area contributed by atoms with E-state index >= 15 is 0 Å². The van der Waals surface area contributed by atoms with Crippen molar-refractivity contribution in [3.63, 3.8) is 0 Å². The minimum atomic E-state index is -0.0726. The molecule has 2 aromatic carbocycles. The van der Waals surface area contributed by atoms with Gasteiger partial charge in [0.25, 0.3) is 5.91 Å². The zero-order valence-corrected chi connectivity index (χ0v) is 16.6. The van der Waals surface area contributed by atoms with E-state index in [1.54, 1.807) is 24.1 Å². The number of piperazine rings is 1. The number of para-hydroxylation sites is 2. The van der Waals surface area contributed by atoms with Gasteiger partial charge in [-0.05, 0) is 30.0 Å². The van der Waals surface area contributed by atoms with Crippen molar-refractivity contribution in [3.8, 4) is 11.5 Å². The zero-order chi connectivity index (χ0) is 20.2. The molecule has 0 radical (unpaired) electrons. The Kier molecular flexibility index (Phi) is 5.69. The van der Waals surface area contributed by atoms with E-state index in [0.717, 1.165) is 6.42 Å². The van der Waals surface area contributed by atoms with Crippen LogP contribution in [-0.4, -0.2) is 61.5 Å². The van der Waals surface area contributed by atoms with Crippen LogP contribution in [0.2, 0.25) is 0 Å². The number of carbonyl (C=O) groups excluding carboxylic acids is 2. The van der Waals surface area contributed by atoms with Gasteiger partial charge in [-0.2, -0.15) is 0 Å². The van der Waals surface area contributed by atoms with Crippen LogP contribution in [-0.2, 0) is 9.59 Å². The average Bonchev–Trinajstić information content (AvgIpc) is 3.59. The van der Waals surface area contributed by atoms with Crippen molar-refractivity contribution in [1.82, 2.24) is 9.80 Å². The van der Waals surface area contributed by atoms with Gasteiger partial charge in [0.1, 0.15) is 0 Å². The van der Waals surface area contributed by atoms with E-state index in [-0.39, 0.29) is 24.3 Å². The number of ether oxygens (including phenoxy) is 2. The fourth-order valence-electron chi connectivity index (χ4n) is 3.92. The molecule has 0 bridgehead atoms. The quantitative estimate of drug-likeness (QED) is 0.756. The average molecular weight is 394 g/mol. The predicted octanol–water partition coefficient (Wildman–Crippen LogP) is 2.55. The number of amides is 2. The molecule has 6 heteroatoms. The van der Waals surface area contributed by atoms with Crippen molar-refractivity contribution in [2.75, 3.05) is 39.9 Å². The van der Waals surface area contributed by atoms with Gasteiger partial charge in [-0.15, -0.1) is 0 Å². The Labute approximate surface area is 171 Å². The molecular formula is C23H26N2O4. The Morgan fingerprint density at radius 1 is 0.897 bits per heavy atom. The molecule has 1 saturated heterocycles. The van der Waals surface area contributed by atoms with Crippen LogP contribution in [0.15, 0.2) is 54.6 Å². The molecular weight excluding hydrogens is 368 g/mol. The second kappa shape index (κ2) is 8.55. The summed E-state index contributed by atoms with van der Waals surface area (Å²) in [4.78, 5) is 28.9. The van der Waals surface area contributed by atoms with Crippen molar-refractivity contribution >= 4 is 11.8 Å². The normalized spacial score (nSPS) is 20.9. The highest BCUT2D eigenvalue weighted by molar-refractivity contribution is 5.83. The summed E-state index contributed by atoms with van der Waals surface area (Å²) in [6.07, 6.45) is 0.925. The molecule has 1 saturated carbocycles. The van der Waals surface area contributed by atoms with Gasteiger partial charge in [0, 0.05) is 32.1 Å². The molecule has 1 aliphatic heterocycles. The van der Waals surface area contributed by atoms with Crippen molar-refractivity contribution in [1.29, 1.82) is 0 Å². The summed E-state index contributed by atoms with van der Waals surface area (Å²) < 4.78 is 10.9. The molecule has 2 atom stereocenters. The third-order valence-corrected chi connectivity index (χ3v) is 5.70. The van der Waals surface area contributed by atoms with Crippen LogP contribution >= 0.6 is 0 Å². The van der Waals surface area contributed by atoms with Gasteiger partial charge in [0.05, 0.1) is 7.11 Å². The molecule has 0 aromatic heterocycles. The molecule has 0 spiro atoms. The second-order valence-electron chi connectivity index (χ2n) is 7.50. The van der Waals surface area contributed by atoms with E-state index < -0.39 is 0 Å². The molecule has 29 heavy (non-hydrogen) atoms. The van der Waals surface area contributed by atoms with Gasteiger partial charge in [-0.3, -0.25) is 9.59 Å². The maximum atomic E-state index is 12.8. The van der Waals surface area contributed by atoms with Crippen LogP contribution in [0, 0.1) is 5.92 Å². The summed E-state index contributed by atoms with van der Waals surface area (Å²) in [5, 5.41) is 0. The number of methoxy groups -OCH3 is 1. The van der Waals surface area contributed by atoms with Crippen LogP contribution in [0.5, 0.6) is 11.5 Å². The van der Waals surface area contributed by atoms with Gasteiger partial charge >= 0.3 is 0 Å². The van der Waals surface area contributed by atoms with Crippen molar-refractivity contribution in [2.24, 2.45) is 5.92 Å². The molecule has 1 aliphatic carbocycles. The first-order valence-corrected chi connectivity index (χ1v) is 10.0. The number of nitrogens with zero attached hydrogens (tertiary/aromatic N) is 2. The smallest absolute Gasteiger partial charge is 0.260 e. The summed E-state index contributed by atoms with van der Waals surface area (Å²) in [6.45, 7) is 2.21. The lowest BCUT2D eigenvalue weighted by molar-refractivity contribution is -0.141. The fourth-order valence-corrected chi connectivity index (χ4v) is 3.92. The molecule has 1 heterocycles. The highest BCUT2D eigenvalue weighted by atomic mass is 16.5. The van der Waals surface area contributed by atoms with Gasteiger partial charge in [0.2, 0.25) is 5.91 Å². The lowest BCUT2D eigenvalue weighted by atomic mass is 10.1. The van der Waals surface area contributed by atoms with E-state index in [2.05, 4.69) is 12.1 Å². The number of hydrogen-bond acceptors (Lipinski definition) is 4. The maximum Gasteiger partial charge on any atom is 0.260 e.